The van der Waals surface area contributed by atoms with Crippen LogP contribution in [0.15, 0.2) is 17.5 Å². The summed E-state index contributed by atoms with van der Waals surface area (Å²) in [7, 11) is 0. The van der Waals surface area contributed by atoms with Crippen LogP contribution in [0.4, 0.5) is 11.6 Å². The van der Waals surface area contributed by atoms with Crippen LogP contribution in [0, 0.1) is 0 Å². The van der Waals surface area contributed by atoms with Crippen LogP contribution in [0.1, 0.15) is 43.5 Å². The van der Waals surface area contributed by atoms with E-state index in [4.69, 9.17) is 0 Å². The van der Waals surface area contributed by atoms with Crippen molar-refractivity contribution >= 4 is 23.0 Å². The van der Waals surface area contributed by atoms with Gasteiger partial charge < -0.3 is 10.6 Å². The maximum Gasteiger partial charge on any atom is 0.133 e. The number of thiophene rings is 1. The molecule has 114 valence electrons. The van der Waals surface area contributed by atoms with Crippen molar-refractivity contribution in [2.75, 3.05) is 17.2 Å². The van der Waals surface area contributed by atoms with E-state index in [0.29, 0.717) is 0 Å². The van der Waals surface area contributed by atoms with E-state index in [1.807, 2.05) is 6.07 Å². The molecular formula is C16H24N4S. The van der Waals surface area contributed by atoms with Crippen LogP contribution in [-0.2, 0) is 19.4 Å². The van der Waals surface area contributed by atoms with Gasteiger partial charge in [-0.25, -0.2) is 9.97 Å². The lowest BCUT2D eigenvalue weighted by Crippen LogP contribution is -2.08. The Bertz CT molecular complexity index is 541. The molecule has 2 N–H and O–H groups in total. The number of aromatic nitrogens is 2. The first-order valence-electron chi connectivity index (χ1n) is 7.67. The predicted molar refractivity (Wildman–Crippen MR) is 91.2 cm³/mol. The fourth-order valence-corrected chi connectivity index (χ4v) is 3.12. The van der Waals surface area contributed by atoms with Crippen LogP contribution in [0.25, 0.3) is 0 Å². The lowest BCUT2D eigenvalue weighted by Gasteiger charge is -2.10. The Hall–Kier alpha value is -1.62. The van der Waals surface area contributed by atoms with Crippen molar-refractivity contribution in [3.63, 3.8) is 0 Å². The molecular weight excluding hydrogens is 280 g/mol. The van der Waals surface area contributed by atoms with Crippen molar-refractivity contribution in [3.8, 4) is 0 Å². The van der Waals surface area contributed by atoms with Crippen LogP contribution in [0.5, 0.6) is 0 Å². The molecule has 0 fully saturated rings. The van der Waals surface area contributed by atoms with Gasteiger partial charge in [-0.3, -0.25) is 0 Å². The molecule has 2 aromatic heterocycles. The molecule has 0 aliphatic heterocycles. The molecule has 0 aliphatic rings. The van der Waals surface area contributed by atoms with Gasteiger partial charge in [0.15, 0.2) is 0 Å². The third-order valence-corrected chi connectivity index (χ3v) is 4.22. The van der Waals surface area contributed by atoms with Gasteiger partial charge in [-0.15, -0.1) is 11.3 Å². The lowest BCUT2D eigenvalue weighted by atomic mass is 10.2. The van der Waals surface area contributed by atoms with Crippen LogP contribution < -0.4 is 10.6 Å². The van der Waals surface area contributed by atoms with E-state index >= 15 is 0 Å². The standard InChI is InChI=1S/C16H24N4S/c1-4-7-14-19-15(17-6-3)10-16(20-14)18-11-13-12(5-2)8-9-21-13/h8-10H,4-7,11H2,1-3H3,(H2,17,18,19,20). The molecule has 5 heteroatoms. The van der Waals surface area contributed by atoms with Gasteiger partial charge in [0.25, 0.3) is 0 Å². The first-order valence-corrected chi connectivity index (χ1v) is 8.55. The van der Waals surface area contributed by atoms with E-state index in [9.17, 15) is 0 Å². The van der Waals surface area contributed by atoms with Gasteiger partial charge in [-0.1, -0.05) is 13.8 Å². The van der Waals surface area contributed by atoms with Crippen molar-refractivity contribution < 1.29 is 0 Å². The monoisotopic (exact) mass is 304 g/mol. The molecule has 21 heavy (non-hydrogen) atoms. The highest BCUT2D eigenvalue weighted by atomic mass is 32.1. The smallest absolute Gasteiger partial charge is 0.133 e. The summed E-state index contributed by atoms with van der Waals surface area (Å²) in [5.41, 5.74) is 1.42. The van der Waals surface area contributed by atoms with E-state index in [0.717, 1.165) is 49.8 Å². The van der Waals surface area contributed by atoms with E-state index in [2.05, 4.69) is 52.8 Å². The summed E-state index contributed by atoms with van der Waals surface area (Å²) in [6.45, 7) is 8.12. The molecule has 2 rings (SSSR count). The van der Waals surface area contributed by atoms with Crippen LogP contribution >= 0.6 is 11.3 Å². The third-order valence-electron chi connectivity index (χ3n) is 3.25. The summed E-state index contributed by atoms with van der Waals surface area (Å²) >= 11 is 1.80. The lowest BCUT2D eigenvalue weighted by molar-refractivity contribution is 0.834. The zero-order valence-corrected chi connectivity index (χ0v) is 13.9. The third kappa shape index (κ3) is 4.43. The van der Waals surface area contributed by atoms with Crippen molar-refractivity contribution in [2.45, 2.75) is 46.6 Å². The Morgan fingerprint density at radius 2 is 1.86 bits per heavy atom. The second kappa shape index (κ2) is 7.98. The Kier molecular flexibility index (Phi) is 5.99. The van der Waals surface area contributed by atoms with Crippen molar-refractivity contribution in [3.05, 3.63) is 33.8 Å². The zero-order valence-electron chi connectivity index (χ0n) is 13.1. The number of nitrogens with zero attached hydrogens (tertiary/aromatic N) is 2. The van der Waals surface area contributed by atoms with Gasteiger partial charge in [0.2, 0.25) is 0 Å². The van der Waals surface area contributed by atoms with Gasteiger partial charge in [-0.05, 0) is 36.8 Å². The van der Waals surface area contributed by atoms with Gasteiger partial charge in [0, 0.05) is 23.9 Å². The first-order chi connectivity index (χ1) is 10.3. The van der Waals surface area contributed by atoms with Gasteiger partial charge >= 0.3 is 0 Å². The van der Waals surface area contributed by atoms with E-state index in [1.54, 1.807) is 11.3 Å². The molecule has 0 atom stereocenters. The van der Waals surface area contributed by atoms with E-state index < -0.39 is 0 Å². The fourth-order valence-electron chi connectivity index (χ4n) is 2.20. The highest BCUT2D eigenvalue weighted by molar-refractivity contribution is 7.10. The molecule has 0 amide bonds. The quantitative estimate of drug-likeness (QED) is 0.771. The summed E-state index contributed by atoms with van der Waals surface area (Å²) < 4.78 is 0. The SMILES string of the molecule is CCCc1nc(NCC)cc(NCc2sccc2CC)n1. The highest BCUT2D eigenvalue weighted by Gasteiger charge is 2.06. The Labute approximate surface area is 131 Å². The van der Waals surface area contributed by atoms with E-state index in [-0.39, 0.29) is 0 Å². The Morgan fingerprint density at radius 3 is 2.52 bits per heavy atom. The predicted octanol–water partition coefficient (Wildman–Crippen LogP) is 4.10. The zero-order chi connectivity index (χ0) is 15.1. The highest BCUT2D eigenvalue weighted by Crippen LogP contribution is 2.19. The number of rotatable bonds is 8. The minimum atomic E-state index is 0.828. The fraction of sp³-hybridized carbons (Fsp3) is 0.500. The summed E-state index contributed by atoms with van der Waals surface area (Å²) in [6, 6.07) is 4.19. The molecule has 0 aliphatic carbocycles. The summed E-state index contributed by atoms with van der Waals surface area (Å²) in [5, 5.41) is 8.87. The molecule has 2 aromatic rings. The summed E-state index contributed by atoms with van der Waals surface area (Å²) in [5.74, 6) is 2.71. The molecule has 4 nitrogen and oxygen atoms in total. The van der Waals surface area contributed by atoms with Crippen LogP contribution in [0.3, 0.4) is 0 Å². The summed E-state index contributed by atoms with van der Waals surface area (Å²) in [6.07, 6.45) is 3.04. The Balaban J connectivity index is 2.10. The van der Waals surface area contributed by atoms with Gasteiger partial charge in [-0.2, -0.15) is 0 Å². The molecule has 0 aromatic carbocycles. The topological polar surface area (TPSA) is 49.8 Å². The van der Waals surface area contributed by atoms with Crippen LogP contribution in [0.2, 0.25) is 0 Å². The second-order valence-corrected chi connectivity index (χ2v) is 5.91. The van der Waals surface area contributed by atoms with Gasteiger partial charge in [0.1, 0.15) is 17.5 Å². The maximum absolute atomic E-state index is 4.60. The van der Waals surface area contributed by atoms with E-state index in [1.165, 1.54) is 10.4 Å². The largest absolute Gasteiger partial charge is 0.370 e. The average Bonchev–Trinajstić information content (AvgIpc) is 2.93. The Morgan fingerprint density at radius 1 is 1.10 bits per heavy atom. The number of anilines is 2. The second-order valence-electron chi connectivity index (χ2n) is 4.91. The molecule has 0 unspecified atom stereocenters. The minimum absolute atomic E-state index is 0.828. The molecule has 0 saturated heterocycles. The minimum Gasteiger partial charge on any atom is -0.370 e. The normalized spacial score (nSPS) is 10.6. The first kappa shape index (κ1) is 15.8. The molecule has 2 heterocycles. The molecule has 0 spiro atoms. The molecule has 0 radical (unpaired) electrons. The van der Waals surface area contributed by atoms with Crippen molar-refractivity contribution in [1.29, 1.82) is 0 Å². The van der Waals surface area contributed by atoms with Crippen molar-refractivity contribution in [1.82, 2.24) is 9.97 Å². The number of hydrogen-bond donors (Lipinski definition) is 2. The molecule has 0 bridgehead atoms. The average molecular weight is 304 g/mol. The summed E-state index contributed by atoms with van der Waals surface area (Å²) in [4.78, 5) is 10.5. The maximum atomic E-state index is 4.60. The van der Waals surface area contributed by atoms with Crippen molar-refractivity contribution in [2.24, 2.45) is 0 Å². The number of aryl methyl sites for hydroxylation is 2. The number of nitrogens with one attached hydrogen (secondary N) is 2. The van der Waals surface area contributed by atoms with Gasteiger partial charge in [0.05, 0.1) is 6.54 Å². The molecule has 0 saturated carbocycles. The van der Waals surface area contributed by atoms with Crippen LogP contribution in [-0.4, -0.2) is 16.5 Å². The number of hydrogen-bond acceptors (Lipinski definition) is 5.